The highest BCUT2D eigenvalue weighted by Crippen LogP contribution is 2.23. The lowest BCUT2D eigenvalue weighted by Crippen LogP contribution is -2.41. The first kappa shape index (κ1) is 14.2. The molecule has 1 aliphatic rings. The molecule has 1 saturated carbocycles. The summed E-state index contributed by atoms with van der Waals surface area (Å²) in [5.74, 6) is 0.821. The number of fused-ring (bicyclic) bond motifs is 1. The molecule has 0 unspecified atom stereocenters. The smallest absolute Gasteiger partial charge is 0.220 e. The summed E-state index contributed by atoms with van der Waals surface area (Å²) in [6, 6.07) is 8.82. The second-order valence-corrected chi connectivity index (χ2v) is 6.34. The van der Waals surface area contributed by atoms with Crippen LogP contribution in [0.15, 0.2) is 30.5 Å². The summed E-state index contributed by atoms with van der Waals surface area (Å²) in [5, 5.41) is 4.44. The first-order valence-electron chi connectivity index (χ1n) is 8.08. The van der Waals surface area contributed by atoms with Crippen molar-refractivity contribution < 1.29 is 4.79 Å². The molecule has 3 rings (SSSR count). The Labute approximate surface area is 126 Å². The molecule has 1 heterocycles. The molecule has 112 valence electrons. The van der Waals surface area contributed by atoms with Crippen LogP contribution in [0.3, 0.4) is 0 Å². The quantitative estimate of drug-likeness (QED) is 0.881. The zero-order valence-corrected chi connectivity index (χ0v) is 12.7. The van der Waals surface area contributed by atoms with Gasteiger partial charge in [0, 0.05) is 24.2 Å². The SMILES string of the molecule is C[C@@H]1CCCC[C@H]1NC(=O)CCc1ccc2[nH]ccc2c1. The van der Waals surface area contributed by atoms with Crippen LogP contribution in [0.1, 0.15) is 44.6 Å². The standard InChI is InChI=1S/C18H24N2O/c1-13-4-2-3-5-16(13)20-18(21)9-7-14-6-8-17-15(12-14)10-11-19-17/h6,8,10-13,16,19H,2-5,7,9H2,1H3,(H,20,21)/t13-,16-/m1/s1. The Morgan fingerprint density at radius 1 is 1.29 bits per heavy atom. The number of carbonyl (C=O) groups excluding carboxylic acids is 1. The predicted molar refractivity (Wildman–Crippen MR) is 86.2 cm³/mol. The van der Waals surface area contributed by atoms with Gasteiger partial charge >= 0.3 is 0 Å². The van der Waals surface area contributed by atoms with Gasteiger partial charge in [-0.05, 0) is 54.3 Å². The summed E-state index contributed by atoms with van der Waals surface area (Å²) in [5.41, 5.74) is 2.38. The molecule has 1 aromatic heterocycles. The van der Waals surface area contributed by atoms with Crippen molar-refractivity contribution >= 4 is 16.8 Å². The molecule has 1 amide bonds. The maximum Gasteiger partial charge on any atom is 0.220 e. The lowest BCUT2D eigenvalue weighted by atomic mass is 9.86. The summed E-state index contributed by atoms with van der Waals surface area (Å²) >= 11 is 0. The van der Waals surface area contributed by atoms with Gasteiger partial charge in [-0.25, -0.2) is 0 Å². The van der Waals surface area contributed by atoms with Crippen LogP contribution in [0, 0.1) is 5.92 Å². The van der Waals surface area contributed by atoms with Gasteiger partial charge in [0.1, 0.15) is 0 Å². The average Bonchev–Trinajstić information content (AvgIpc) is 2.95. The Kier molecular flexibility index (Phi) is 4.28. The Morgan fingerprint density at radius 3 is 3.00 bits per heavy atom. The van der Waals surface area contributed by atoms with E-state index in [0.29, 0.717) is 18.4 Å². The molecule has 0 saturated heterocycles. The minimum atomic E-state index is 0.197. The van der Waals surface area contributed by atoms with E-state index < -0.39 is 0 Å². The molecule has 0 radical (unpaired) electrons. The Balaban J connectivity index is 1.53. The molecule has 3 nitrogen and oxygen atoms in total. The Morgan fingerprint density at radius 2 is 2.14 bits per heavy atom. The molecule has 1 aromatic carbocycles. The van der Waals surface area contributed by atoms with Crippen LogP contribution < -0.4 is 5.32 Å². The number of benzene rings is 1. The molecule has 0 aliphatic heterocycles. The first-order chi connectivity index (χ1) is 10.2. The fourth-order valence-corrected chi connectivity index (χ4v) is 3.33. The third-order valence-electron chi connectivity index (χ3n) is 4.72. The molecule has 2 aromatic rings. The number of nitrogens with one attached hydrogen (secondary N) is 2. The number of amides is 1. The van der Waals surface area contributed by atoms with Gasteiger partial charge < -0.3 is 10.3 Å². The van der Waals surface area contributed by atoms with Gasteiger partial charge in [0.15, 0.2) is 0 Å². The van der Waals surface area contributed by atoms with Crippen LogP contribution >= 0.6 is 0 Å². The first-order valence-corrected chi connectivity index (χ1v) is 8.08. The summed E-state index contributed by atoms with van der Waals surface area (Å²) in [7, 11) is 0. The number of aromatic nitrogens is 1. The van der Waals surface area contributed by atoms with Gasteiger partial charge in [-0.1, -0.05) is 25.8 Å². The predicted octanol–water partition coefficient (Wildman–Crippen LogP) is 3.80. The second-order valence-electron chi connectivity index (χ2n) is 6.34. The fourth-order valence-electron chi connectivity index (χ4n) is 3.33. The van der Waals surface area contributed by atoms with Gasteiger partial charge in [0.25, 0.3) is 0 Å². The number of hydrogen-bond donors (Lipinski definition) is 2. The number of H-pyrrole nitrogens is 1. The van der Waals surface area contributed by atoms with Crippen molar-refractivity contribution in [2.75, 3.05) is 0 Å². The van der Waals surface area contributed by atoms with Gasteiger partial charge in [-0.3, -0.25) is 4.79 Å². The van der Waals surface area contributed by atoms with E-state index in [-0.39, 0.29) is 5.91 Å². The van der Waals surface area contributed by atoms with E-state index in [2.05, 4.69) is 41.5 Å². The topological polar surface area (TPSA) is 44.9 Å². The minimum absolute atomic E-state index is 0.197. The Bertz CT molecular complexity index is 616. The second kappa shape index (κ2) is 6.33. The normalized spacial score (nSPS) is 22.3. The fraction of sp³-hybridized carbons (Fsp3) is 0.500. The van der Waals surface area contributed by atoms with Crippen molar-refractivity contribution in [3.8, 4) is 0 Å². The van der Waals surface area contributed by atoms with E-state index in [1.165, 1.54) is 30.2 Å². The highest BCUT2D eigenvalue weighted by molar-refractivity contribution is 5.80. The maximum absolute atomic E-state index is 12.1. The maximum atomic E-state index is 12.1. The molecule has 3 heteroatoms. The monoisotopic (exact) mass is 284 g/mol. The van der Waals surface area contributed by atoms with Gasteiger partial charge in [0.05, 0.1) is 0 Å². The van der Waals surface area contributed by atoms with E-state index >= 15 is 0 Å². The van der Waals surface area contributed by atoms with Crippen molar-refractivity contribution in [3.05, 3.63) is 36.0 Å². The molecular weight excluding hydrogens is 260 g/mol. The molecule has 0 spiro atoms. The van der Waals surface area contributed by atoms with Gasteiger partial charge in [0.2, 0.25) is 5.91 Å². The van der Waals surface area contributed by atoms with Crippen molar-refractivity contribution in [2.45, 2.75) is 51.5 Å². The summed E-state index contributed by atoms with van der Waals surface area (Å²) in [4.78, 5) is 15.3. The zero-order valence-electron chi connectivity index (χ0n) is 12.7. The summed E-state index contributed by atoms with van der Waals surface area (Å²) in [6.45, 7) is 2.25. The van der Waals surface area contributed by atoms with Crippen LogP contribution in [0.4, 0.5) is 0 Å². The zero-order chi connectivity index (χ0) is 14.7. The van der Waals surface area contributed by atoms with E-state index in [4.69, 9.17) is 0 Å². The highest BCUT2D eigenvalue weighted by atomic mass is 16.1. The lowest BCUT2D eigenvalue weighted by Gasteiger charge is -2.29. The van der Waals surface area contributed by atoms with E-state index in [1.807, 2.05) is 6.20 Å². The largest absolute Gasteiger partial charge is 0.361 e. The van der Waals surface area contributed by atoms with Crippen molar-refractivity contribution in [3.63, 3.8) is 0 Å². The Hall–Kier alpha value is -1.77. The molecule has 21 heavy (non-hydrogen) atoms. The van der Waals surface area contributed by atoms with Gasteiger partial charge in [-0.2, -0.15) is 0 Å². The summed E-state index contributed by atoms with van der Waals surface area (Å²) < 4.78 is 0. The molecule has 2 N–H and O–H groups in total. The van der Waals surface area contributed by atoms with E-state index in [1.54, 1.807) is 0 Å². The van der Waals surface area contributed by atoms with Crippen LogP contribution in [0.5, 0.6) is 0 Å². The van der Waals surface area contributed by atoms with Crippen LogP contribution in [0.2, 0.25) is 0 Å². The minimum Gasteiger partial charge on any atom is -0.361 e. The molecular formula is C18H24N2O. The lowest BCUT2D eigenvalue weighted by molar-refractivity contribution is -0.122. The van der Waals surface area contributed by atoms with E-state index in [9.17, 15) is 4.79 Å². The average molecular weight is 284 g/mol. The third kappa shape index (κ3) is 3.46. The van der Waals surface area contributed by atoms with Crippen LogP contribution in [-0.2, 0) is 11.2 Å². The van der Waals surface area contributed by atoms with Crippen molar-refractivity contribution in [1.29, 1.82) is 0 Å². The number of aryl methyl sites for hydroxylation is 1. The van der Waals surface area contributed by atoms with Gasteiger partial charge in [-0.15, -0.1) is 0 Å². The molecule has 2 atom stereocenters. The van der Waals surface area contributed by atoms with E-state index in [0.717, 1.165) is 18.4 Å². The van der Waals surface area contributed by atoms with Crippen molar-refractivity contribution in [2.24, 2.45) is 5.92 Å². The highest BCUT2D eigenvalue weighted by Gasteiger charge is 2.22. The summed E-state index contributed by atoms with van der Waals surface area (Å²) in [6.07, 6.45) is 8.29. The van der Waals surface area contributed by atoms with Crippen molar-refractivity contribution in [1.82, 2.24) is 10.3 Å². The third-order valence-corrected chi connectivity index (χ3v) is 4.72. The number of aromatic amines is 1. The number of carbonyl (C=O) groups is 1. The van der Waals surface area contributed by atoms with Crippen LogP contribution in [0.25, 0.3) is 10.9 Å². The molecule has 1 fully saturated rings. The van der Waals surface area contributed by atoms with Crippen LogP contribution in [-0.4, -0.2) is 16.9 Å². The molecule has 0 bridgehead atoms. The number of hydrogen-bond acceptors (Lipinski definition) is 1. The molecule has 1 aliphatic carbocycles. The number of rotatable bonds is 4.